The summed E-state index contributed by atoms with van der Waals surface area (Å²) < 4.78 is 9.15. The van der Waals surface area contributed by atoms with Crippen LogP contribution in [-0.2, 0) is 20.9 Å². The van der Waals surface area contributed by atoms with Gasteiger partial charge in [-0.3, -0.25) is 4.90 Å². The second kappa shape index (κ2) is 12.4. The number of ether oxygens (including phenoxy) is 2. The molecule has 1 aromatic carbocycles. The normalized spacial score (nSPS) is 25.7. The molecule has 0 aromatic heterocycles. The Morgan fingerprint density at radius 3 is 2.59 bits per heavy atom. The lowest BCUT2D eigenvalue weighted by molar-refractivity contribution is -0.152. The van der Waals surface area contributed by atoms with Crippen LogP contribution in [0.4, 0.5) is 4.79 Å². The lowest BCUT2D eigenvalue weighted by Gasteiger charge is -2.47. The molecule has 1 aromatic rings. The van der Waals surface area contributed by atoms with Crippen LogP contribution in [0.2, 0.25) is 0 Å². The van der Waals surface area contributed by atoms with Crippen LogP contribution >= 0.6 is 55.8 Å². The van der Waals surface area contributed by atoms with E-state index in [9.17, 15) is 9.59 Å². The fraction of sp³-hybridized carbons (Fsp3) is 0.636. The van der Waals surface area contributed by atoms with Crippen molar-refractivity contribution in [2.45, 2.75) is 47.4 Å². The maximum absolute atomic E-state index is 13.0. The van der Waals surface area contributed by atoms with Gasteiger partial charge in [0.2, 0.25) is 3.79 Å². The molecule has 3 rings (SSSR count). The van der Waals surface area contributed by atoms with E-state index in [1.807, 2.05) is 42.1 Å². The lowest BCUT2D eigenvalue weighted by Crippen LogP contribution is -2.56. The van der Waals surface area contributed by atoms with Gasteiger partial charge >= 0.3 is 12.1 Å². The van der Waals surface area contributed by atoms with E-state index in [0.717, 1.165) is 36.7 Å². The third kappa shape index (κ3) is 7.56. The molecule has 1 aliphatic heterocycles. The van der Waals surface area contributed by atoms with Gasteiger partial charge in [-0.2, -0.15) is 11.8 Å². The van der Waals surface area contributed by atoms with Crippen molar-refractivity contribution in [1.82, 2.24) is 4.90 Å². The number of thioether (sulfide) groups is 1. The van der Waals surface area contributed by atoms with Crippen LogP contribution in [0, 0.1) is 11.8 Å². The Balaban J connectivity index is 1.73. The largest absolute Gasteiger partial charge is 0.460 e. The summed E-state index contributed by atoms with van der Waals surface area (Å²) in [6.07, 6.45) is 4.36. The Labute approximate surface area is 211 Å². The van der Waals surface area contributed by atoms with E-state index in [2.05, 4.69) is 9.24 Å². The van der Waals surface area contributed by atoms with Crippen molar-refractivity contribution in [1.29, 1.82) is 0 Å². The quantitative estimate of drug-likeness (QED) is 0.252. The highest BCUT2D eigenvalue weighted by Crippen LogP contribution is 2.44. The van der Waals surface area contributed by atoms with Crippen LogP contribution in [0.3, 0.4) is 0 Å². The number of fused-ring (bicyclic) bond motifs is 1. The molecule has 10 heteroatoms. The zero-order chi connectivity index (χ0) is 23.1. The van der Waals surface area contributed by atoms with Gasteiger partial charge in [-0.25, -0.2) is 9.59 Å². The number of amides is 1. The van der Waals surface area contributed by atoms with Crippen molar-refractivity contribution in [2.75, 3.05) is 25.1 Å². The SMILES string of the molecule is O=C(OCC(Cl)(Cl)Cl)[C@@H]1C[C@H]2[C@H](CCC[C@H]2SCCP)CN1C(=O)OCc1ccccc1. The minimum absolute atomic E-state index is 0.146. The van der Waals surface area contributed by atoms with Crippen LogP contribution < -0.4 is 0 Å². The van der Waals surface area contributed by atoms with Gasteiger partial charge in [-0.05, 0) is 48.6 Å². The number of carbonyl (C=O) groups is 2. The molecule has 5 atom stereocenters. The van der Waals surface area contributed by atoms with Crippen LogP contribution in [0.25, 0.3) is 0 Å². The molecule has 0 radical (unpaired) electrons. The number of nitrogens with zero attached hydrogens (tertiary/aromatic N) is 1. The molecule has 0 N–H and O–H groups in total. The second-order valence-corrected chi connectivity index (χ2v) is 12.7. The average molecular weight is 541 g/mol. The summed E-state index contributed by atoms with van der Waals surface area (Å²) >= 11 is 19.3. The molecule has 2 aliphatic rings. The Hall–Kier alpha value is -0.390. The molecule has 0 bridgehead atoms. The number of likely N-dealkylation sites (tertiary alicyclic amines) is 1. The third-order valence-electron chi connectivity index (χ3n) is 5.99. The molecule has 32 heavy (non-hydrogen) atoms. The predicted octanol–water partition coefficient (Wildman–Crippen LogP) is 5.70. The van der Waals surface area contributed by atoms with E-state index in [0.29, 0.717) is 30.1 Å². The average Bonchev–Trinajstić information content (AvgIpc) is 2.78. The minimum Gasteiger partial charge on any atom is -0.460 e. The zero-order valence-electron chi connectivity index (χ0n) is 17.8. The van der Waals surface area contributed by atoms with Crippen molar-refractivity contribution >= 4 is 67.9 Å². The Morgan fingerprint density at radius 1 is 1.16 bits per heavy atom. The number of rotatable bonds is 7. The molecule has 1 aliphatic carbocycles. The van der Waals surface area contributed by atoms with E-state index in [-0.39, 0.29) is 13.2 Å². The molecule has 2 fully saturated rings. The van der Waals surface area contributed by atoms with Gasteiger partial charge in [-0.15, -0.1) is 9.24 Å². The fourth-order valence-electron chi connectivity index (χ4n) is 4.55. The predicted molar refractivity (Wildman–Crippen MR) is 135 cm³/mol. The molecule has 5 nitrogen and oxygen atoms in total. The highest BCUT2D eigenvalue weighted by Gasteiger charge is 2.46. The molecule has 1 saturated heterocycles. The van der Waals surface area contributed by atoms with Gasteiger partial charge in [-0.1, -0.05) is 71.6 Å². The van der Waals surface area contributed by atoms with Gasteiger partial charge < -0.3 is 9.47 Å². The maximum atomic E-state index is 13.0. The summed E-state index contributed by atoms with van der Waals surface area (Å²) in [4.78, 5) is 27.5. The first kappa shape index (κ1) is 26.2. The van der Waals surface area contributed by atoms with Crippen LogP contribution in [0.15, 0.2) is 30.3 Å². The number of hydrogen-bond donors (Lipinski definition) is 0. The number of esters is 1. The van der Waals surface area contributed by atoms with Crippen LogP contribution in [0.5, 0.6) is 0 Å². The van der Waals surface area contributed by atoms with Crippen molar-refractivity contribution in [3.05, 3.63) is 35.9 Å². The molecule has 1 amide bonds. The first-order valence-corrected chi connectivity index (χ1v) is 13.8. The van der Waals surface area contributed by atoms with Gasteiger partial charge in [0.05, 0.1) is 0 Å². The first-order valence-electron chi connectivity index (χ1n) is 10.8. The van der Waals surface area contributed by atoms with Crippen molar-refractivity contribution < 1.29 is 19.1 Å². The molecular weight excluding hydrogens is 512 g/mol. The smallest absolute Gasteiger partial charge is 0.410 e. The number of alkyl halides is 3. The number of halogens is 3. The van der Waals surface area contributed by atoms with E-state index in [1.54, 1.807) is 0 Å². The van der Waals surface area contributed by atoms with E-state index in [1.165, 1.54) is 4.90 Å². The topological polar surface area (TPSA) is 55.8 Å². The summed E-state index contributed by atoms with van der Waals surface area (Å²) in [5, 5.41) is 0.472. The minimum atomic E-state index is -1.70. The zero-order valence-corrected chi connectivity index (χ0v) is 22.0. The van der Waals surface area contributed by atoms with Crippen molar-refractivity contribution in [3.8, 4) is 0 Å². The third-order valence-corrected chi connectivity index (χ3v) is 8.51. The van der Waals surface area contributed by atoms with Gasteiger partial charge in [0.1, 0.15) is 19.3 Å². The van der Waals surface area contributed by atoms with E-state index in [4.69, 9.17) is 44.3 Å². The first-order chi connectivity index (χ1) is 15.3. The number of hydrogen-bond acceptors (Lipinski definition) is 5. The number of piperidine rings is 1. The Bertz CT molecular complexity index is 767. The Morgan fingerprint density at radius 2 is 1.91 bits per heavy atom. The van der Waals surface area contributed by atoms with E-state index < -0.39 is 21.9 Å². The second-order valence-electron chi connectivity index (χ2n) is 8.22. The van der Waals surface area contributed by atoms with Crippen molar-refractivity contribution in [2.24, 2.45) is 11.8 Å². The van der Waals surface area contributed by atoms with Gasteiger partial charge in [0.25, 0.3) is 0 Å². The summed E-state index contributed by atoms with van der Waals surface area (Å²) in [5.41, 5.74) is 0.887. The number of carbonyl (C=O) groups excluding carboxylic acids is 2. The van der Waals surface area contributed by atoms with E-state index >= 15 is 0 Å². The van der Waals surface area contributed by atoms with Crippen molar-refractivity contribution in [3.63, 3.8) is 0 Å². The fourth-order valence-corrected chi connectivity index (χ4v) is 6.48. The highest BCUT2D eigenvalue weighted by molar-refractivity contribution is 8.00. The summed E-state index contributed by atoms with van der Waals surface area (Å²) in [5.74, 6) is 1.19. The molecule has 0 spiro atoms. The van der Waals surface area contributed by atoms with Gasteiger partial charge in [0.15, 0.2) is 0 Å². The highest BCUT2D eigenvalue weighted by atomic mass is 35.6. The standard InChI is InChI=1S/C22H29Cl3NO4PS/c23-22(24,25)14-30-20(27)18-11-17-16(7-4-8-19(17)32-10-9-31)12-26(18)21(28)29-13-15-5-2-1-3-6-15/h1-3,5-6,16-19H,4,7-14,31H2/t16-,17+,18+,19-/m1/s1. The molecule has 178 valence electrons. The summed E-state index contributed by atoms with van der Waals surface area (Å²) in [6, 6.07) is 8.72. The van der Waals surface area contributed by atoms with Crippen LogP contribution in [0.1, 0.15) is 31.2 Å². The molecule has 1 saturated carbocycles. The summed E-state index contributed by atoms with van der Waals surface area (Å²) in [7, 11) is 2.77. The molecule has 1 heterocycles. The number of benzene rings is 1. The molecule has 1 unspecified atom stereocenters. The Kier molecular flexibility index (Phi) is 10.1. The van der Waals surface area contributed by atoms with Crippen LogP contribution in [-0.4, -0.2) is 57.1 Å². The molecular formula is C22H29Cl3NO4PS. The summed E-state index contributed by atoms with van der Waals surface area (Å²) in [6.45, 7) is 0.260. The lowest BCUT2D eigenvalue weighted by atomic mass is 9.72. The maximum Gasteiger partial charge on any atom is 0.410 e. The monoisotopic (exact) mass is 539 g/mol. The van der Waals surface area contributed by atoms with Gasteiger partial charge in [0, 0.05) is 11.8 Å².